The van der Waals surface area contributed by atoms with Gasteiger partial charge in [-0.05, 0) is 18.4 Å². The van der Waals surface area contributed by atoms with Gasteiger partial charge in [-0.2, -0.15) is 0 Å². The Morgan fingerprint density at radius 1 is 1.46 bits per heavy atom. The summed E-state index contributed by atoms with van der Waals surface area (Å²) < 4.78 is 0. The predicted octanol–water partition coefficient (Wildman–Crippen LogP) is 1.28. The Bertz CT molecular complexity index is 334. The van der Waals surface area contributed by atoms with E-state index in [9.17, 15) is 9.59 Å². The van der Waals surface area contributed by atoms with Crippen molar-refractivity contribution in [2.24, 2.45) is 0 Å². The van der Waals surface area contributed by atoms with Crippen molar-refractivity contribution in [1.82, 2.24) is 4.98 Å². The maximum Gasteiger partial charge on any atom is 0.354 e. The number of hydrogen-bond donors (Lipinski definition) is 1. The smallest absolute Gasteiger partial charge is 0.354 e. The lowest BCUT2D eigenvalue weighted by atomic mass is 10.3. The average molecular weight is 197 g/mol. The van der Waals surface area contributed by atoms with Crippen molar-refractivity contribution in [1.29, 1.82) is 0 Å². The number of carboxylic acid groups (broad SMARTS) is 1. The second-order valence-electron chi connectivity index (χ2n) is 2.23. The van der Waals surface area contributed by atoms with Crippen molar-refractivity contribution in [3.05, 3.63) is 29.6 Å². The molecule has 0 unspecified atom stereocenters. The highest BCUT2D eigenvalue weighted by molar-refractivity contribution is 8.13. The third kappa shape index (κ3) is 2.29. The highest BCUT2D eigenvalue weighted by Gasteiger charge is 2.07. The molecule has 68 valence electrons. The highest BCUT2D eigenvalue weighted by Crippen LogP contribution is 2.08. The van der Waals surface area contributed by atoms with Crippen LogP contribution in [0.15, 0.2) is 18.3 Å². The molecule has 0 saturated carbocycles. The van der Waals surface area contributed by atoms with Gasteiger partial charge in [-0.25, -0.2) is 9.78 Å². The van der Waals surface area contributed by atoms with E-state index in [0.29, 0.717) is 5.56 Å². The zero-order chi connectivity index (χ0) is 9.84. The molecule has 0 saturated heterocycles. The molecule has 5 heteroatoms. The molecule has 0 atom stereocenters. The normalized spacial score (nSPS) is 9.62. The number of pyridine rings is 1. The summed E-state index contributed by atoms with van der Waals surface area (Å²) in [5.41, 5.74) is 0.357. The second-order valence-corrected chi connectivity index (χ2v) is 3.01. The average Bonchev–Trinajstić information content (AvgIpc) is 2.17. The molecule has 0 aromatic carbocycles. The first-order valence-electron chi connectivity index (χ1n) is 3.43. The standard InChI is InChI=1S/C8H7NO3S/c1-13-8(12)5-2-3-6(7(10)11)9-4-5/h2-4H,1H3,(H,10,11). The van der Waals surface area contributed by atoms with Crippen LogP contribution in [0, 0.1) is 0 Å². The summed E-state index contributed by atoms with van der Waals surface area (Å²) in [5.74, 6) is -1.09. The number of carboxylic acids is 1. The number of nitrogens with zero attached hydrogens (tertiary/aromatic N) is 1. The molecule has 13 heavy (non-hydrogen) atoms. The Balaban J connectivity index is 2.93. The van der Waals surface area contributed by atoms with Gasteiger partial charge in [-0.3, -0.25) is 4.79 Å². The molecule has 0 aliphatic heterocycles. The van der Waals surface area contributed by atoms with Gasteiger partial charge in [-0.15, -0.1) is 0 Å². The van der Waals surface area contributed by atoms with Crippen molar-refractivity contribution in [2.45, 2.75) is 0 Å². The van der Waals surface area contributed by atoms with Crippen LogP contribution in [0.4, 0.5) is 0 Å². The Kier molecular flexibility index (Phi) is 3.02. The number of carbonyl (C=O) groups excluding carboxylic acids is 1. The molecule has 1 heterocycles. The summed E-state index contributed by atoms with van der Waals surface area (Å²) in [5, 5.41) is 8.40. The van der Waals surface area contributed by atoms with E-state index in [4.69, 9.17) is 5.11 Å². The van der Waals surface area contributed by atoms with Crippen LogP contribution in [0.2, 0.25) is 0 Å². The minimum Gasteiger partial charge on any atom is -0.477 e. The van der Waals surface area contributed by atoms with Crippen molar-refractivity contribution in [3.63, 3.8) is 0 Å². The van der Waals surface area contributed by atoms with Crippen LogP contribution in [-0.2, 0) is 0 Å². The van der Waals surface area contributed by atoms with Crippen LogP contribution < -0.4 is 0 Å². The minimum absolute atomic E-state index is 0.0577. The van der Waals surface area contributed by atoms with Gasteiger partial charge in [0.25, 0.3) is 0 Å². The number of aromatic nitrogens is 1. The largest absolute Gasteiger partial charge is 0.477 e. The quantitative estimate of drug-likeness (QED) is 0.773. The molecule has 1 aromatic heterocycles. The lowest BCUT2D eigenvalue weighted by molar-refractivity contribution is 0.0690. The van der Waals surface area contributed by atoms with Gasteiger partial charge in [0.05, 0.1) is 0 Å². The first kappa shape index (κ1) is 9.73. The molecule has 4 nitrogen and oxygen atoms in total. The summed E-state index contributed by atoms with van der Waals surface area (Å²) in [6.45, 7) is 0. The van der Waals surface area contributed by atoms with E-state index in [1.54, 1.807) is 6.26 Å². The van der Waals surface area contributed by atoms with E-state index < -0.39 is 5.97 Å². The molecule has 0 amide bonds. The summed E-state index contributed by atoms with van der Waals surface area (Å²) in [6.07, 6.45) is 2.93. The van der Waals surface area contributed by atoms with Crippen LogP contribution in [-0.4, -0.2) is 27.4 Å². The fraction of sp³-hybridized carbons (Fsp3) is 0.125. The molecule has 0 bridgehead atoms. The van der Waals surface area contributed by atoms with E-state index in [2.05, 4.69) is 4.98 Å². The van der Waals surface area contributed by atoms with Gasteiger partial charge in [-0.1, -0.05) is 11.8 Å². The molecular weight excluding hydrogens is 190 g/mol. The lowest BCUT2D eigenvalue weighted by Gasteiger charge is -1.96. The SMILES string of the molecule is CSC(=O)c1ccc(C(=O)O)nc1. The third-order valence-corrected chi connectivity index (χ3v) is 2.01. The number of rotatable bonds is 2. The van der Waals surface area contributed by atoms with Gasteiger partial charge < -0.3 is 5.11 Å². The van der Waals surface area contributed by atoms with Crippen molar-refractivity contribution in [2.75, 3.05) is 6.26 Å². The molecule has 0 radical (unpaired) electrons. The van der Waals surface area contributed by atoms with Crippen molar-refractivity contribution < 1.29 is 14.7 Å². The summed E-state index contributed by atoms with van der Waals surface area (Å²) in [6, 6.07) is 2.76. The molecule has 1 aromatic rings. The summed E-state index contributed by atoms with van der Waals surface area (Å²) >= 11 is 1.07. The zero-order valence-electron chi connectivity index (χ0n) is 6.85. The van der Waals surface area contributed by atoms with Crippen LogP contribution in [0.25, 0.3) is 0 Å². The molecule has 0 aliphatic rings. The fourth-order valence-corrected chi connectivity index (χ4v) is 1.12. The van der Waals surface area contributed by atoms with E-state index in [0.717, 1.165) is 11.8 Å². The molecule has 1 rings (SSSR count). The van der Waals surface area contributed by atoms with Crippen LogP contribution in [0.1, 0.15) is 20.8 Å². The van der Waals surface area contributed by atoms with Gasteiger partial charge in [0.1, 0.15) is 5.69 Å². The van der Waals surface area contributed by atoms with E-state index >= 15 is 0 Å². The fourth-order valence-electron chi connectivity index (χ4n) is 0.759. The molecule has 0 aliphatic carbocycles. The molecule has 0 fully saturated rings. The van der Waals surface area contributed by atoms with Crippen LogP contribution in [0.3, 0.4) is 0 Å². The number of carbonyl (C=O) groups is 2. The first-order valence-corrected chi connectivity index (χ1v) is 4.65. The number of aromatic carboxylic acids is 1. The topological polar surface area (TPSA) is 67.3 Å². The molecule has 1 N–H and O–H groups in total. The van der Waals surface area contributed by atoms with E-state index in [1.165, 1.54) is 18.3 Å². The van der Waals surface area contributed by atoms with E-state index in [1.807, 2.05) is 0 Å². The Labute approximate surface area is 79.0 Å². The van der Waals surface area contributed by atoms with Crippen LogP contribution in [0.5, 0.6) is 0 Å². The Morgan fingerprint density at radius 2 is 2.15 bits per heavy atom. The predicted molar refractivity (Wildman–Crippen MR) is 49.0 cm³/mol. The van der Waals surface area contributed by atoms with Crippen molar-refractivity contribution in [3.8, 4) is 0 Å². The van der Waals surface area contributed by atoms with Gasteiger partial charge in [0, 0.05) is 11.8 Å². The first-order chi connectivity index (χ1) is 6.15. The van der Waals surface area contributed by atoms with Gasteiger partial charge in [0.2, 0.25) is 5.12 Å². The van der Waals surface area contributed by atoms with E-state index in [-0.39, 0.29) is 10.8 Å². The number of thioether (sulfide) groups is 1. The second kappa shape index (κ2) is 4.04. The van der Waals surface area contributed by atoms with Gasteiger partial charge in [0.15, 0.2) is 0 Å². The lowest BCUT2D eigenvalue weighted by Crippen LogP contribution is -2.01. The summed E-state index contributed by atoms with van der Waals surface area (Å²) in [7, 11) is 0. The highest BCUT2D eigenvalue weighted by atomic mass is 32.2. The molecule has 0 spiro atoms. The van der Waals surface area contributed by atoms with Crippen LogP contribution >= 0.6 is 11.8 Å². The Hall–Kier alpha value is -1.36. The minimum atomic E-state index is -1.09. The maximum atomic E-state index is 11.1. The maximum absolute atomic E-state index is 11.1. The third-order valence-electron chi connectivity index (χ3n) is 1.40. The molecular formula is C8H7NO3S. The monoisotopic (exact) mass is 197 g/mol. The zero-order valence-corrected chi connectivity index (χ0v) is 7.67. The number of hydrogen-bond acceptors (Lipinski definition) is 4. The van der Waals surface area contributed by atoms with Gasteiger partial charge >= 0.3 is 5.97 Å². The van der Waals surface area contributed by atoms with Crippen molar-refractivity contribution >= 4 is 22.8 Å². The Morgan fingerprint density at radius 3 is 2.54 bits per heavy atom. The summed E-state index contributed by atoms with van der Waals surface area (Å²) in [4.78, 5) is 25.1.